The summed E-state index contributed by atoms with van der Waals surface area (Å²) in [7, 11) is 1.50. The van der Waals surface area contributed by atoms with Crippen LogP contribution >= 0.6 is 11.3 Å². The number of ketones is 1. The molecule has 0 aliphatic rings. The average Bonchev–Trinajstić information content (AvgIpc) is 3.23. The third kappa shape index (κ3) is 5.16. The number of carboxylic acids is 1. The van der Waals surface area contributed by atoms with Crippen LogP contribution in [0.25, 0.3) is 10.6 Å². The summed E-state index contributed by atoms with van der Waals surface area (Å²) in [6.07, 6.45) is -0.257. The quantitative estimate of drug-likeness (QED) is 0.509. The normalized spacial score (nSPS) is 11.6. The second-order valence-corrected chi connectivity index (χ2v) is 8.03. The molecule has 0 bridgehead atoms. The molecule has 7 nitrogen and oxygen atoms in total. The van der Waals surface area contributed by atoms with Crippen molar-refractivity contribution in [1.82, 2.24) is 10.3 Å². The Bertz CT molecular complexity index is 1140. The summed E-state index contributed by atoms with van der Waals surface area (Å²) in [5, 5.41) is 12.1. The van der Waals surface area contributed by atoms with Crippen LogP contribution in [0.3, 0.4) is 0 Å². The van der Waals surface area contributed by atoms with E-state index in [2.05, 4.69) is 10.3 Å². The van der Waals surface area contributed by atoms with E-state index in [4.69, 9.17) is 4.74 Å². The molecule has 8 heteroatoms. The minimum absolute atomic E-state index is 0.0566. The van der Waals surface area contributed by atoms with Crippen molar-refractivity contribution in [3.8, 4) is 16.3 Å². The fourth-order valence-corrected chi connectivity index (χ4v) is 4.09. The van der Waals surface area contributed by atoms with Crippen LogP contribution in [0.5, 0.6) is 5.75 Å². The van der Waals surface area contributed by atoms with Crippen LogP contribution in [-0.4, -0.2) is 34.9 Å². The van der Waals surface area contributed by atoms with E-state index in [0.29, 0.717) is 21.2 Å². The van der Waals surface area contributed by atoms with Crippen molar-refractivity contribution >= 4 is 29.0 Å². The molecule has 3 aromatic rings. The molecule has 160 valence electrons. The topological polar surface area (TPSA) is 106 Å². The maximum absolute atomic E-state index is 13.0. The van der Waals surface area contributed by atoms with E-state index < -0.39 is 17.9 Å². The second kappa shape index (κ2) is 9.53. The van der Waals surface area contributed by atoms with E-state index in [9.17, 15) is 19.5 Å². The van der Waals surface area contributed by atoms with Crippen molar-refractivity contribution in [2.24, 2.45) is 0 Å². The molecule has 2 N–H and O–H groups in total. The molecule has 0 aliphatic heterocycles. The highest BCUT2D eigenvalue weighted by Gasteiger charge is 2.22. The lowest BCUT2D eigenvalue weighted by Crippen LogP contribution is -2.31. The van der Waals surface area contributed by atoms with Crippen LogP contribution in [0.2, 0.25) is 0 Å². The zero-order valence-electron chi connectivity index (χ0n) is 17.3. The molecule has 1 atom stereocenters. The molecule has 1 amide bonds. The third-order valence-corrected chi connectivity index (χ3v) is 5.94. The average molecular weight is 439 g/mol. The Labute approximate surface area is 183 Å². The van der Waals surface area contributed by atoms with Gasteiger partial charge in [0.25, 0.3) is 5.91 Å². The van der Waals surface area contributed by atoms with Gasteiger partial charge in [-0.15, -0.1) is 11.3 Å². The molecular weight excluding hydrogens is 416 g/mol. The Morgan fingerprint density at radius 2 is 1.87 bits per heavy atom. The first-order chi connectivity index (χ1) is 14.8. The van der Waals surface area contributed by atoms with Gasteiger partial charge in [0.2, 0.25) is 0 Å². The lowest BCUT2D eigenvalue weighted by Gasteiger charge is -2.19. The first-order valence-electron chi connectivity index (χ1n) is 9.54. The second-order valence-electron chi connectivity index (χ2n) is 6.95. The number of pyridine rings is 1. The number of ether oxygens (including phenoxy) is 1. The molecular formula is C23H22N2O5S. The molecule has 2 aromatic heterocycles. The van der Waals surface area contributed by atoms with Crippen LogP contribution < -0.4 is 10.1 Å². The molecule has 3 rings (SSSR count). The molecule has 0 fully saturated rings. The van der Waals surface area contributed by atoms with Gasteiger partial charge in [-0.2, -0.15) is 0 Å². The van der Waals surface area contributed by atoms with Crippen molar-refractivity contribution in [3.63, 3.8) is 0 Å². The fourth-order valence-electron chi connectivity index (χ4n) is 3.19. The predicted molar refractivity (Wildman–Crippen MR) is 118 cm³/mol. The largest absolute Gasteiger partial charge is 0.494 e. The Morgan fingerprint density at radius 1 is 1.13 bits per heavy atom. The number of aliphatic carboxylic acids is 1. The summed E-state index contributed by atoms with van der Waals surface area (Å²) in [4.78, 5) is 41.7. The number of rotatable bonds is 8. The van der Waals surface area contributed by atoms with Gasteiger partial charge in [0.15, 0.2) is 5.78 Å². The van der Waals surface area contributed by atoms with Gasteiger partial charge >= 0.3 is 5.97 Å². The summed E-state index contributed by atoms with van der Waals surface area (Å²) < 4.78 is 5.37. The number of carbonyl (C=O) groups is 3. The monoisotopic (exact) mass is 438 g/mol. The van der Waals surface area contributed by atoms with E-state index >= 15 is 0 Å². The van der Waals surface area contributed by atoms with Crippen molar-refractivity contribution < 1.29 is 24.2 Å². The number of methoxy groups -OCH3 is 1. The van der Waals surface area contributed by atoms with Crippen LogP contribution in [0.15, 0.2) is 48.5 Å². The highest BCUT2D eigenvalue weighted by Crippen LogP contribution is 2.34. The van der Waals surface area contributed by atoms with Crippen LogP contribution in [0.4, 0.5) is 0 Å². The van der Waals surface area contributed by atoms with Crippen molar-refractivity contribution in [2.75, 3.05) is 7.11 Å². The lowest BCUT2D eigenvalue weighted by atomic mass is 9.98. The Balaban J connectivity index is 1.93. The summed E-state index contributed by atoms with van der Waals surface area (Å²) in [6, 6.07) is 13.2. The molecule has 2 heterocycles. The van der Waals surface area contributed by atoms with Gasteiger partial charge in [-0.1, -0.05) is 24.3 Å². The van der Waals surface area contributed by atoms with Crippen LogP contribution in [-0.2, 0) is 4.79 Å². The molecule has 31 heavy (non-hydrogen) atoms. The maximum Gasteiger partial charge on any atom is 0.305 e. The summed E-state index contributed by atoms with van der Waals surface area (Å²) in [6.45, 7) is 3.35. The number of carbonyl (C=O) groups excluding carboxylic acids is 2. The summed E-state index contributed by atoms with van der Waals surface area (Å²) >= 11 is 1.26. The summed E-state index contributed by atoms with van der Waals surface area (Å²) in [5.41, 5.74) is 2.18. The molecule has 1 aromatic carbocycles. The van der Waals surface area contributed by atoms with Gasteiger partial charge in [-0.25, -0.2) is 4.98 Å². The number of hydrogen-bond acceptors (Lipinski definition) is 6. The van der Waals surface area contributed by atoms with E-state index in [1.807, 2.05) is 19.1 Å². The number of aromatic nitrogens is 1. The SMILES string of the molecule is COc1ccc(C(=O)N[C@@H](CC(=O)O)c2ccccc2C)nc1-c1ccc(C(C)=O)s1. The predicted octanol–water partition coefficient (Wildman–Crippen LogP) is 4.28. The van der Waals surface area contributed by atoms with Gasteiger partial charge in [0.1, 0.15) is 17.1 Å². The number of aryl methyl sites for hydroxylation is 1. The number of carboxylic acid groups (broad SMARTS) is 1. The highest BCUT2D eigenvalue weighted by molar-refractivity contribution is 7.17. The van der Waals surface area contributed by atoms with Crippen molar-refractivity contribution in [3.05, 3.63) is 70.2 Å². The Morgan fingerprint density at radius 3 is 2.48 bits per heavy atom. The first-order valence-corrected chi connectivity index (χ1v) is 10.4. The molecule has 0 aliphatic carbocycles. The molecule has 0 saturated carbocycles. The first kappa shape index (κ1) is 22.2. The lowest BCUT2D eigenvalue weighted by molar-refractivity contribution is -0.137. The number of amides is 1. The Hall–Kier alpha value is -3.52. The smallest absolute Gasteiger partial charge is 0.305 e. The fraction of sp³-hybridized carbons (Fsp3) is 0.217. The zero-order valence-corrected chi connectivity index (χ0v) is 18.2. The maximum atomic E-state index is 13.0. The number of Topliss-reactive ketones (excluding diaryl/α,β-unsaturated/α-hetero) is 1. The van der Waals surface area contributed by atoms with Gasteiger partial charge < -0.3 is 15.2 Å². The molecule has 0 saturated heterocycles. The van der Waals surface area contributed by atoms with Crippen molar-refractivity contribution in [1.29, 1.82) is 0 Å². The zero-order chi connectivity index (χ0) is 22.5. The molecule has 0 radical (unpaired) electrons. The van der Waals surface area contributed by atoms with E-state index in [1.54, 1.807) is 30.3 Å². The summed E-state index contributed by atoms with van der Waals surface area (Å²) in [5.74, 6) is -1.11. The number of nitrogens with zero attached hydrogens (tertiary/aromatic N) is 1. The standard InChI is InChI=1S/C23H22N2O5S/c1-13-6-4-5-7-15(13)17(12-21(27)28)25-23(29)16-8-9-18(30-3)22(24-16)20-11-10-19(31-20)14(2)26/h4-11,17H,12H2,1-3H3,(H,25,29)(H,27,28)/t17-/m0/s1. The van der Waals surface area contributed by atoms with Crippen LogP contribution in [0, 0.1) is 6.92 Å². The minimum Gasteiger partial charge on any atom is -0.494 e. The highest BCUT2D eigenvalue weighted by atomic mass is 32.1. The number of nitrogens with one attached hydrogen (secondary N) is 1. The van der Waals surface area contributed by atoms with E-state index in [0.717, 1.165) is 11.1 Å². The van der Waals surface area contributed by atoms with Gasteiger partial charge in [-0.05, 0) is 49.2 Å². The van der Waals surface area contributed by atoms with Gasteiger partial charge in [-0.3, -0.25) is 14.4 Å². The number of benzene rings is 1. The Kier molecular flexibility index (Phi) is 6.81. The number of thiophene rings is 1. The van der Waals surface area contributed by atoms with E-state index in [1.165, 1.54) is 31.4 Å². The minimum atomic E-state index is -1.02. The van der Waals surface area contributed by atoms with Gasteiger partial charge in [0.05, 0.1) is 29.3 Å². The number of hydrogen-bond donors (Lipinski definition) is 2. The van der Waals surface area contributed by atoms with Crippen LogP contribution in [0.1, 0.15) is 50.7 Å². The molecule has 0 spiro atoms. The third-order valence-electron chi connectivity index (χ3n) is 4.75. The van der Waals surface area contributed by atoms with Gasteiger partial charge in [0, 0.05) is 0 Å². The molecule has 0 unspecified atom stereocenters. The van der Waals surface area contributed by atoms with Crippen molar-refractivity contribution in [2.45, 2.75) is 26.3 Å². The van der Waals surface area contributed by atoms with E-state index in [-0.39, 0.29) is 17.9 Å².